The van der Waals surface area contributed by atoms with Crippen LogP contribution in [0.3, 0.4) is 0 Å². The van der Waals surface area contributed by atoms with Crippen molar-refractivity contribution in [2.45, 2.75) is 26.3 Å². The number of halogens is 2. The average Bonchev–Trinajstić information content (AvgIpc) is 3.19. The van der Waals surface area contributed by atoms with Crippen molar-refractivity contribution in [3.63, 3.8) is 0 Å². The van der Waals surface area contributed by atoms with Crippen molar-refractivity contribution in [1.82, 2.24) is 15.0 Å². The largest absolute Gasteiger partial charge is 0.366 e. The summed E-state index contributed by atoms with van der Waals surface area (Å²) < 4.78 is 55.1. The highest BCUT2D eigenvalue weighted by Crippen LogP contribution is 2.24. The number of fused-ring (bicyclic) bond motifs is 1. The Balaban J connectivity index is 1.44. The van der Waals surface area contributed by atoms with E-state index >= 15 is 0 Å². The first kappa shape index (κ1) is 22.7. The fraction of sp³-hybridized carbons (Fsp3) is 0.217. The van der Waals surface area contributed by atoms with Crippen molar-refractivity contribution in [2.75, 3.05) is 15.8 Å². The fourth-order valence-corrected chi connectivity index (χ4v) is 4.65. The van der Waals surface area contributed by atoms with Gasteiger partial charge in [-0.15, -0.1) is 0 Å². The predicted octanol–water partition coefficient (Wildman–Crippen LogP) is 4.59. The summed E-state index contributed by atoms with van der Waals surface area (Å²) in [5.41, 5.74) is 2.33. The molecule has 3 N–H and O–H groups in total. The second kappa shape index (κ2) is 9.53. The Morgan fingerprint density at radius 3 is 2.70 bits per heavy atom. The van der Waals surface area contributed by atoms with E-state index in [-0.39, 0.29) is 23.5 Å². The van der Waals surface area contributed by atoms with Crippen molar-refractivity contribution in [2.24, 2.45) is 0 Å². The average molecular weight is 472 g/mol. The van der Waals surface area contributed by atoms with E-state index in [1.165, 1.54) is 0 Å². The molecule has 0 saturated carbocycles. The van der Waals surface area contributed by atoms with Crippen LogP contribution in [0, 0.1) is 11.6 Å². The van der Waals surface area contributed by atoms with E-state index < -0.39 is 21.7 Å². The molecule has 0 saturated heterocycles. The minimum Gasteiger partial charge on any atom is -0.366 e. The SMILES string of the molecule is CCCS(=O)(=O)Nc1ccc(F)c(CNc2ccc(Cc3c[nH]c4ncccc34)cn2)c1F. The number of aromatic amines is 1. The van der Waals surface area contributed by atoms with E-state index in [2.05, 4.69) is 25.0 Å². The van der Waals surface area contributed by atoms with Crippen LogP contribution in [0.15, 0.2) is 55.0 Å². The lowest BCUT2D eigenvalue weighted by atomic mass is 10.1. The highest BCUT2D eigenvalue weighted by molar-refractivity contribution is 7.92. The number of hydrogen-bond acceptors (Lipinski definition) is 5. The monoisotopic (exact) mass is 471 g/mol. The van der Waals surface area contributed by atoms with Gasteiger partial charge in [-0.2, -0.15) is 0 Å². The molecule has 1 aromatic carbocycles. The molecule has 0 radical (unpaired) electrons. The molecule has 0 aliphatic heterocycles. The third-order valence-electron chi connectivity index (χ3n) is 5.13. The van der Waals surface area contributed by atoms with Crippen molar-refractivity contribution >= 4 is 32.6 Å². The first-order valence-corrected chi connectivity index (χ1v) is 12.1. The van der Waals surface area contributed by atoms with E-state index in [0.717, 1.165) is 34.3 Å². The van der Waals surface area contributed by atoms with Gasteiger partial charge in [0, 0.05) is 42.5 Å². The molecule has 0 aliphatic carbocycles. The molecule has 0 fully saturated rings. The maximum Gasteiger partial charge on any atom is 0.232 e. The summed E-state index contributed by atoms with van der Waals surface area (Å²) in [5.74, 6) is -1.44. The van der Waals surface area contributed by atoms with Gasteiger partial charge in [-0.25, -0.2) is 27.2 Å². The smallest absolute Gasteiger partial charge is 0.232 e. The lowest BCUT2D eigenvalue weighted by Crippen LogP contribution is -2.18. The molecule has 172 valence electrons. The molecular weight excluding hydrogens is 448 g/mol. The molecular formula is C23H23F2N5O2S. The van der Waals surface area contributed by atoms with E-state index in [0.29, 0.717) is 18.7 Å². The van der Waals surface area contributed by atoms with Gasteiger partial charge in [-0.1, -0.05) is 13.0 Å². The minimum absolute atomic E-state index is 0.150. The van der Waals surface area contributed by atoms with Gasteiger partial charge >= 0.3 is 0 Å². The van der Waals surface area contributed by atoms with Gasteiger partial charge in [0.2, 0.25) is 10.0 Å². The number of hydrogen-bond donors (Lipinski definition) is 3. The normalized spacial score (nSPS) is 11.6. The van der Waals surface area contributed by atoms with Gasteiger partial charge in [0.1, 0.15) is 17.3 Å². The van der Waals surface area contributed by atoms with E-state index in [1.54, 1.807) is 25.4 Å². The summed E-state index contributed by atoms with van der Waals surface area (Å²) in [5, 5.41) is 3.93. The zero-order chi connectivity index (χ0) is 23.4. The van der Waals surface area contributed by atoms with Crippen LogP contribution in [-0.2, 0) is 23.0 Å². The second-order valence-corrected chi connectivity index (χ2v) is 9.45. The summed E-state index contributed by atoms with van der Waals surface area (Å²) in [6, 6.07) is 9.60. The van der Waals surface area contributed by atoms with Crippen molar-refractivity contribution in [3.05, 3.63) is 83.3 Å². The number of H-pyrrole nitrogens is 1. The number of nitrogens with zero attached hydrogens (tertiary/aromatic N) is 2. The zero-order valence-electron chi connectivity index (χ0n) is 17.9. The Labute approximate surface area is 190 Å². The molecule has 0 bridgehead atoms. The van der Waals surface area contributed by atoms with Gasteiger partial charge in [0.15, 0.2) is 5.82 Å². The highest BCUT2D eigenvalue weighted by Gasteiger charge is 2.18. The van der Waals surface area contributed by atoms with Crippen molar-refractivity contribution in [3.8, 4) is 0 Å². The summed E-state index contributed by atoms with van der Waals surface area (Å²) in [6.07, 6.45) is 6.37. The maximum absolute atomic E-state index is 14.8. The number of benzene rings is 1. The first-order valence-electron chi connectivity index (χ1n) is 10.4. The van der Waals surface area contributed by atoms with Gasteiger partial charge in [-0.05, 0) is 47.9 Å². The zero-order valence-corrected chi connectivity index (χ0v) is 18.7. The minimum atomic E-state index is -3.70. The van der Waals surface area contributed by atoms with E-state index in [9.17, 15) is 17.2 Å². The quantitative estimate of drug-likeness (QED) is 0.332. The summed E-state index contributed by atoms with van der Waals surface area (Å²) in [4.78, 5) is 11.7. The molecule has 0 unspecified atom stereocenters. The summed E-state index contributed by atoms with van der Waals surface area (Å²) in [7, 11) is -3.70. The second-order valence-electron chi connectivity index (χ2n) is 7.60. The molecule has 0 aliphatic rings. The van der Waals surface area contributed by atoms with E-state index in [4.69, 9.17) is 0 Å². The van der Waals surface area contributed by atoms with E-state index in [1.807, 2.05) is 24.4 Å². The van der Waals surface area contributed by atoms with Crippen LogP contribution in [-0.4, -0.2) is 29.1 Å². The molecule has 0 atom stereocenters. The lowest BCUT2D eigenvalue weighted by Gasteiger charge is -2.13. The first-order chi connectivity index (χ1) is 15.9. The molecule has 0 amide bonds. The molecule has 4 rings (SSSR count). The number of sulfonamides is 1. The number of pyridine rings is 2. The van der Waals surface area contributed by atoms with Crippen LogP contribution >= 0.6 is 0 Å². The molecule has 4 aromatic rings. The topological polar surface area (TPSA) is 99.8 Å². The Hall–Kier alpha value is -3.53. The Morgan fingerprint density at radius 1 is 1.09 bits per heavy atom. The summed E-state index contributed by atoms with van der Waals surface area (Å²) in [6.45, 7) is 1.51. The number of anilines is 2. The predicted molar refractivity (Wildman–Crippen MR) is 125 cm³/mol. The van der Waals surface area contributed by atoms with Crippen LogP contribution in [0.5, 0.6) is 0 Å². The maximum atomic E-state index is 14.8. The molecule has 0 spiro atoms. The third-order valence-corrected chi connectivity index (χ3v) is 6.60. The van der Waals surface area contributed by atoms with Crippen LogP contribution in [0.2, 0.25) is 0 Å². The lowest BCUT2D eigenvalue weighted by molar-refractivity contribution is 0.561. The van der Waals surface area contributed by atoms with Crippen LogP contribution in [0.1, 0.15) is 30.0 Å². The number of aromatic nitrogens is 3. The summed E-state index contributed by atoms with van der Waals surface area (Å²) >= 11 is 0. The van der Waals surface area contributed by atoms with Gasteiger partial charge in [0.05, 0.1) is 11.4 Å². The van der Waals surface area contributed by atoms with Crippen LogP contribution < -0.4 is 10.0 Å². The van der Waals surface area contributed by atoms with Gasteiger partial charge in [0.25, 0.3) is 0 Å². The third kappa shape index (κ3) is 5.28. The van der Waals surface area contributed by atoms with Crippen LogP contribution in [0.4, 0.5) is 20.3 Å². The number of rotatable bonds is 9. The Morgan fingerprint density at radius 2 is 1.94 bits per heavy atom. The van der Waals surface area contributed by atoms with Gasteiger partial charge < -0.3 is 10.3 Å². The molecule has 10 heteroatoms. The molecule has 3 heterocycles. The number of nitrogens with one attached hydrogen (secondary N) is 3. The Bertz CT molecular complexity index is 1370. The van der Waals surface area contributed by atoms with Crippen LogP contribution in [0.25, 0.3) is 11.0 Å². The standard InChI is InChI=1S/C23H23F2N5O2S/c1-2-10-33(31,32)30-20-7-6-19(24)18(22(20)25)14-28-21-8-5-15(12-27-21)11-16-13-29-23-17(16)4-3-9-26-23/h3-9,12-13,30H,2,10-11,14H2,1H3,(H,26,29)(H,27,28). The van der Waals surface area contributed by atoms with Gasteiger partial charge in [-0.3, -0.25) is 4.72 Å². The Kier molecular flexibility index (Phi) is 6.55. The van der Waals surface area contributed by atoms with Crippen molar-refractivity contribution < 1.29 is 17.2 Å². The highest BCUT2D eigenvalue weighted by atomic mass is 32.2. The molecule has 33 heavy (non-hydrogen) atoms. The van der Waals surface area contributed by atoms with Crippen molar-refractivity contribution in [1.29, 1.82) is 0 Å². The molecule has 7 nitrogen and oxygen atoms in total. The molecule has 3 aromatic heterocycles. The fourth-order valence-electron chi connectivity index (χ4n) is 3.52.